The molecule has 2 rings (SSSR count). The summed E-state index contributed by atoms with van der Waals surface area (Å²) in [7, 11) is 1.59. The number of ether oxygens (including phenoxy) is 1. The minimum Gasteiger partial charge on any atom is -0.497 e. The third-order valence-electron chi connectivity index (χ3n) is 3.05. The highest BCUT2D eigenvalue weighted by atomic mass is 16.5. The second-order valence-corrected chi connectivity index (χ2v) is 4.45. The molecule has 0 radical (unpaired) electrons. The maximum atomic E-state index is 11.0. The molecular weight excluding hydrogens is 252 g/mol. The summed E-state index contributed by atoms with van der Waals surface area (Å²) in [4.78, 5) is 11.0. The summed E-state index contributed by atoms with van der Waals surface area (Å²) in [6.07, 6.45) is 1.66. The second-order valence-electron chi connectivity index (χ2n) is 4.45. The van der Waals surface area contributed by atoms with E-state index in [0.29, 0.717) is 5.75 Å². The molecule has 20 heavy (non-hydrogen) atoms. The summed E-state index contributed by atoms with van der Waals surface area (Å²) in [5.74, 6) is -0.221. The fourth-order valence-corrected chi connectivity index (χ4v) is 1.96. The first kappa shape index (κ1) is 13.9. The molecule has 3 heteroatoms. The van der Waals surface area contributed by atoms with Crippen LogP contribution < -0.4 is 4.74 Å². The van der Waals surface area contributed by atoms with Crippen molar-refractivity contribution in [2.45, 2.75) is 6.92 Å². The summed E-state index contributed by atoms with van der Waals surface area (Å²) < 4.78 is 5.21. The van der Waals surface area contributed by atoms with Crippen molar-refractivity contribution in [2.24, 2.45) is 0 Å². The van der Waals surface area contributed by atoms with E-state index >= 15 is 0 Å². The molecule has 0 amide bonds. The van der Waals surface area contributed by atoms with E-state index in [1.807, 2.05) is 48.5 Å². The van der Waals surface area contributed by atoms with E-state index in [0.717, 1.165) is 16.7 Å². The first-order valence-electron chi connectivity index (χ1n) is 6.27. The van der Waals surface area contributed by atoms with E-state index in [1.54, 1.807) is 20.1 Å². The standard InChI is InChI=1S/C17H16O3/c1-12(17(18)19)10-14-11-15(20-2)8-9-16(14)13-6-4-3-5-7-13/h3-11H,1-2H3,(H,18,19)/b12-10+. The lowest BCUT2D eigenvalue weighted by atomic mass is 9.98. The normalized spacial score (nSPS) is 11.2. The molecule has 3 nitrogen and oxygen atoms in total. The molecule has 0 bridgehead atoms. The maximum Gasteiger partial charge on any atom is 0.331 e. The molecule has 0 spiro atoms. The van der Waals surface area contributed by atoms with E-state index in [2.05, 4.69) is 0 Å². The molecule has 0 aliphatic rings. The van der Waals surface area contributed by atoms with Crippen LogP contribution in [0.2, 0.25) is 0 Å². The zero-order valence-corrected chi connectivity index (χ0v) is 11.5. The monoisotopic (exact) mass is 268 g/mol. The van der Waals surface area contributed by atoms with E-state index in [-0.39, 0.29) is 5.57 Å². The van der Waals surface area contributed by atoms with Crippen molar-refractivity contribution >= 4 is 12.0 Å². The molecule has 2 aromatic carbocycles. The van der Waals surface area contributed by atoms with Crippen LogP contribution in [0.25, 0.3) is 17.2 Å². The van der Waals surface area contributed by atoms with Gasteiger partial charge in [0.05, 0.1) is 7.11 Å². The van der Waals surface area contributed by atoms with Gasteiger partial charge in [0, 0.05) is 5.57 Å². The van der Waals surface area contributed by atoms with Gasteiger partial charge in [0.2, 0.25) is 0 Å². The Kier molecular flexibility index (Phi) is 4.20. The Hall–Kier alpha value is -2.55. The third-order valence-corrected chi connectivity index (χ3v) is 3.05. The minimum atomic E-state index is -0.924. The molecule has 0 saturated heterocycles. The second kappa shape index (κ2) is 6.06. The Labute approximate surface area is 118 Å². The molecule has 1 N–H and O–H groups in total. The Morgan fingerprint density at radius 2 is 1.85 bits per heavy atom. The number of hydrogen-bond donors (Lipinski definition) is 1. The van der Waals surface area contributed by atoms with Crippen LogP contribution in [0.1, 0.15) is 12.5 Å². The molecule has 102 valence electrons. The maximum absolute atomic E-state index is 11.0. The molecule has 0 aliphatic heterocycles. The van der Waals surface area contributed by atoms with Crippen molar-refractivity contribution in [2.75, 3.05) is 7.11 Å². The Morgan fingerprint density at radius 3 is 2.45 bits per heavy atom. The quantitative estimate of drug-likeness (QED) is 0.857. The number of benzene rings is 2. The summed E-state index contributed by atoms with van der Waals surface area (Å²) >= 11 is 0. The Bertz CT molecular complexity index is 643. The highest BCUT2D eigenvalue weighted by molar-refractivity contribution is 5.93. The van der Waals surface area contributed by atoms with Gasteiger partial charge in [-0.25, -0.2) is 4.79 Å². The van der Waals surface area contributed by atoms with Crippen molar-refractivity contribution in [1.82, 2.24) is 0 Å². The average molecular weight is 268 g/mol. The van der Waals surface area contributed by atoms with Gasteiger partial charge in [0.15, 0.2) is 0 Å². The van der Waals surface area contributed by atoms with Crippen molar-refractivity contribution < 1.29 is 14.6 Å². The topological polar surface area (TPSA) is 46.5 Å². The molecule has 0 heterocycles. The van der Waals surface area contributed by atoms with Crippen molar-refractivity contribution in [3.8, 4) is 16.9 Å². The molecule has 0 saturated carbocycles. The van der Waals surface area contributed by atoms with Crippen LogP contribution in [0.4, 0.5) is 0 Å². The Morgan fingerprint density at radius 1 is 1.15 bits per heavy atom. The van der Waals surface area contributed by atoms with Gasteiger partial charge < -0.3 is 9.84 Å². The van der Waals surface area contributed by atoms with Gasteiger partial charge in [-0.1, -0.05) is 36.4 Å². The van der Waals surface area contributed by atoms with Gasteiger partial charge in [-0.15, -0.1) is 0 Å². The van der Waals surface area contributed by atoms with Crippen molar-refractivity contribution in [3.63, 3.8) is 0 Å². The minimum absolute atomic E-state index is 0.287. The fraction of sp³-hybridized carbons (Fsp3) is 0.118. The average Bonchev–Trinajstić information content (AvgIpc) is 2.48. The first-order chi connectivity index (χ1) is 9.61. The number of aliphatic carboxylic acids is 1. The zero-order valence-electron chi connectivity index (χ0n) is 11.5. The lowest BCUT2D eigenvalue weighted by Crippen LogP contribution is -1.96. The molecule has 0 aromatic heterocycles. The predicted octanol–water partition coefficient (Wildman–Crippen LogP) is 3.85. The van der Waals surface area contributed by atoms with Gasteiger partial charge in [-0.2, -0.15) is 0 Å². The number of rotatable bonds is 4. The van der Waals surface area contributed by atoms with E-state index in [1.165, 1.54) is 0 Å². The highest BCUT2D eigenvalue weighted by Crippen LogP contribution is 2.29. The largest absolute Gasteiger partial charge is 0.497 e. The SMILES string of the molecule is COc1ccc(-c2ccccc2)c(/C=C(\C)C(=O)O)c1. The molecule has 0 fully saturated rings. The fourth-order valence-electron chi connectivity index (χ4n) is 1.96. The van der Waals surface area contributed by atoms with Gasteiger partial charge in [-0.05, 0) is 41.8 Å². The predicted molar refractivity (Wildman–Crippen MR) is 79.7 cm³/mol. The smallest absolute Gasteiger partial charge is 0.331 e. The van der Waals surface area contributed by atoms with Gasteiger partial charge in [0.25, 0.3) is 0 Å². The summed E-state index contributed by atoms with van der Waals surface area (Å²) in [6, 6.07) is 15.5. The number of carbonyl (C=O) groups is 1. The van der Waals surface area contributed by atoms with Gasteiger partial charge in [-0.3, -0.25) is 0 Å². The van der Waals surface area contributed by atoms with E-state index < -0.39 is 5.97 Å². The lowest BCUT2D eigenvalue weighted by Gasteiger charge is -2.09. The summed E-state index contributed by atoms with van der Waals surface area (Å²) in [6.45, 7) is 1.58. The molecule has 0 unspecified atom stereocenters. The molecule has 0 aliphatic carbocycles. The van der Waals surface area contributed by atoms with Crippen LogP contribution in [0.3, 0.4) is 0 Å². The van der Waals surface area contributed by atoms with Gasteiger partial charge in [0.1, 0.15) is 5.75 Å². The first-order valence-corrected chi connectivity index (χ1v) is 6.27. The lowest BCUT2D eigenvalue weighted by molar-refractivity contribution is -0.132. The molecule has 2 aromatic rings. The van der Waals surface area contributed by atoms with E-state index in [4.69, 9.17) is 9.84 Å². The number of hydrogen-bond acceptors (Lipinski definition) is 2. The van der Waals surface area contributed by atoms with Crippen LogP contribution in [0.15, 0.2) is 54.1 Å². The van der Waals surface area contributed by atoms with Crippen molar-refractivity contribution in [1.29, 1.82) is 0 Å². The molecular formula is C17H16O3. The zero-order chi connectivity index (χ0) is 14.5. The van der Waals surface area contributed by atoms with Crippen LogP contribution in [0.5, 0.6) is 5.75 Å². The molecule has 0 atom stereocenters. The number of methoxy groups -OCH3 is 1. The van der Waals surface area contributed by atoms with Crippen LogP contribution in [-0.2, 0) is 4.79 Å². The van der Waals surface area contributed by atoms with Crippen LogP contribution in [-0.4, -0.2) is 18.2 Å². The van der Waals surface area contributed by atoms with Gasteiger partial charge >= 0.3 is 5.97 Å². The van der Waals surface area contributed by atoms with E-state index in [9.17, 15) is 4.79 Å². The Balaban J connectivity index is 2.57. The summed E-state index contributed by atoms with van der Waals surface area (Å²) in [5.41, 5.74) is 3.14. The highest BCUT2D eigenvalue weighted by Gasteiger charge is 2.07. The number of carboxylic acid groups (broad SMARTS) is 1. The summed E-state index contributed by atoms with van der Waals surface area (Å²) in [5, 5.41) is 9.03. The van der Waals surface area contributed by atoms with Crippen molar-refractivity contribution in [3.05, 3.63) is 59.7 Å². The third kappa shape index (κ3) is 3.06. The van der Waals surface area contributed by atoms with Crippen LogP contribution in [0, 0.1) is 0 Å². The number of carboxylic acids is 1. The van der Waals surface area contributed by atoms with Crippen LogP contribution >= 0.6 is 0 Å².